The van der Waals surface area contributed by atoms with E-state index in [9.17, 15) is 4.79 Å². The molecule has 0 aromatic rings. The summed E-state index contributed by atoms with van der Waals surface area (Å²) in [6.45, 7) is 5.74. The van der Waals surface area contributed by atoms with E-state index in [-0.39, 0.29) is 17.7 Å². The zero-order valence-electron chi connectivity index (χ0n) is 11.8. The molecule has 2 unspecified atom stereocenters. The van der Waals surface area contributed by atoms with Gasteiger partial charge in [0.1, 0.15) is 0 Å². The highest BCUT2D eigenvalue weighted by Gasteiger charge is 2.35. The average Bonchev–Trinajstić information content (AvgIpc) is 2.63. The Morgan fingerprint density at radius 2 is 2.11 bits per heavy atom. The molecule has 0 bridgehead atoms. The lowest BCUT2D eigenvalue weighted by Gasteiger charge is -2.31. The van der Waals surface area contributed by atoms with Crippen LogP contribution in [0, 0.1) is 11.8 Å². The molecule has 1 fully saturated rings. The molecule has 18 heavy (non-hydrogen) atoms. The maximum atomic E-state index is 12.6. The van der Waals surface area contributed by atoms with Crippen LogP contribution in [0.4, 0.5) is 0 Å². The lowest BCUT2D eigenvalue weighted by atomic mass is 9.94. The van der Waals surface area contributed by atoms with Gasteiger partial charge in [0, 0.05) is 19.1 Å². The fourth-order valence-electron chi connectivity index (χ4n) is 2.65. The van der Waals surface area contributed by atoms with Crippen molar-refractivity contribution in [2.75, 3.05) is 27.2 Å². The molecule has 2 N–H and O–H groups in total. The normalized spacial score (nSPS) is 21.7. The Hall–Kier alpha value is -0.680. The van der Waals surface area contributed by atoms with Gasteiger partial charge in [0.25, 0.3) is 0 Å². The van der Waals surface area contributed by atoms with Crippen LogP contribution < -0.4 is 5.73 Å². The lowest BCUT2D eigenvalue weighted by Crippen LogP contribution is -2.48. The van der Waals surface area contributed by atoms with Crippen molar-refractivity contribution in [3.8, 4) is 0 Å². The molecule has 0 saturated carbocycles. The molecule has 2 atom stereocenters. The van der Waals surface area contributed by atoms with E-state index >= 15 is 0 Å². The smallest absolute Gasteiger partial charge is 0.233 e. The molecule has 0 aromatic heterocycles. The van der Waals surface area contributed by atoms with Gasteiger partial charge in [-0.15, -0.1) is 0 Å². The van der Waals surface area contributed by atoms with Gasteiger partial charge in [-0.2, -0.15) is 0 Å². The first-order chi connectivity index (χ1) is 8.34. The summed E-state index contributed by atoms with van der Waals surface area (Å²) in [7, 11) is 4.07. The minimum atomic E-state index is -0.317. The first kappa shape index (κ1) is 15.4. The van der Waals surface area contributed by atoms with Crippen LogP contribution >= 0.6 is 12.2 Å². The summed E-state index contributed by atoms with van der Waals surface area (Å²) in [5.74, 6) is -0.0415. The summed E-state index contributed by atoms with van der Waals surface area (Å²) in [6, 6.07) is 0.308. The van der Waals surface area contributed by atoms with Gasteiger partial charge in [-0.25, -0.2) is 0 Å². The number of hydrogen-bond acceptors (Lipinski definition) is 3. The first-order valence-corrected chi connectivity index (χ1v) is 7.00. The van der Waals surface area contributed by atoms with Crippen molar-refractivity contribution in [2.24, 2.45) is 17.6 Å². The standard InChI is InChI=1S/C13H25N3OS/c1-9(2)11(12(14)18)13(17)16-7-5-6-10(16)8-15(3)4/h9-11H,5-8H2,1-4H3,(H2,14,18). The fraction of sp³-hybridized carbons (Fsp3) is 0.846. The number of amides is 1. The van der Waals surface area contributed by atoms with E-state index in [1.165, 1.54) is 0 Å². The van der Waals surface area contributed by atoms with Gasteiger partial charge < -0.3 is 15.5 Å². The highest BCUT2D eigenvalue weighted by Crippen LogP contribution is 2.23. The van der Waals surface area contributed by atoms with Gasteiger partial charge in [0.2, 0.25) is 5.91 Å². The zero-order chi connectivity index (χ0) is 13.9. The number of likely N-dealkylation sites (tertiary alicyclic amines) is 1. The van der Waals surface area contributed by atoms with Gasteiger partial charge in [-0.1, -0.05) is 26.1 Å². The molecule has 4 nitrogen and oxygen atoms in total. The van der Waals surface area contributed by atoms with Crippen molar-refractivity contribution in [1.29, 1.82) is 0 Å². The van der Waals surface area contributed by atoms with E-state index in [0.29, 0.717) is 11.0 Å². The zero-order valence-corrected chi connectivity index (χ0v) is 12.7. The summed E-state index contributed by atoms with van der Waals surface area (Å²) in [5.41, 5.74) is 5.73. The first-order valence-electron chi connectivity index (χ1n) is 6.59. The second-order valence-electron chi connectivity index (χ2n) is 5.71. The van der Waals surface area contributed by atoms with Crippen LogP contribution in [-0.2, 0) is 4.79 Å². The second kappa shape index (κ2) is 6.48. The Morgan fingerprint density at radius 1 is 1.50 bits per heavy atom. The Balaban J connectivity index is 2.77. The van der Waals surface area contributed by atoms with Crippen LogP contribution in [-0.4, -0.2) is 53.9 Å². The summed E-state index contributed by atoms with van der Waals surface area (Å²) >= 11 is 5.05. The predicted molar refractivity (Wildman–Crippen MR) is 78.4 cm³/mol. The van der Waals surface area contributed by atoms with Crippen LogP contribution in [0.15, 0.2) is 0 Å². The largest absolute Gasteiger partial charge is 0.393 e. The van der Waals surface area contributed by atoms with E-state index in [1.54, 1.807) is 0 Å². The van der Waals surface area contributed by atoms with Crippen LogP contribution in [0.1, 0.15) is 26.7 Å². The summed E-state index contributed by atoms with van der Waals surface area (Å²) in [4.78, 5) is 17.0. The number of carbonyl (C=O) groups excluding carboxylic acids is 1. The van der Waals surface area contributed by atoms with Crippen molar-refractivity contribution in [3.63, 3.8) is 0 Å². The third kappa shape index (κ3) is 3.65. The predicted octanol–water partition coefficient (Wildman–Crippen LogP) is 1.10. The molecule has 0 aromatic carbocycles. The average molecular weight is 271 g/mol. The minimum absolute atomic E-state index is 0.113. The highest BCUT2D eigenvalue weighted by atomic mass is 32.1. The number of nitrogens with zero attached hydrogens (tertiary/aromatic N) is 2. The van der Waals surface area contributed by atoms with E-state index in [1.807, 2.05) is 32.8 Å². The van der Waals surface area contributed by atoms with Gasteiger partial charge in [0.05, 0.1) is 10.9 Å². The molecule has 0 aliphatic carbocycles. The molecule has 1 heterocycles. The molecule has 1 aliphatic heterocycles. The topological polar surface area (TPSA) is 49.6 Å². The Kier molecular flexibility index (Phi) is 5.53. The molecule has 1 aliphatic rings. The van der Waals surface area contributed by atoms with Crippen molar-refractivity contribution in [3.05, 3.63) is 0 Å². The molecule has 5 heteroatoms. The summed E-state index contributed by atoms with van der Waals surface area (Å²) in [6.07, 6.45) is 2.15. The minimum Gasteiger partial charge on any atom is -0.393 e. The van der Waals surface area contributed by atoms with Crippen LogP contribution in [0.25, 0.3) is 0 Å². The second-order valence-corrected chi connectivity index (χ2v) is 6.19. The molecule has 104 valence electrons. The molecule has 0 spiro atoms. The van der Waals surface area contributed by atoms with Gasteiger partial charge >= 0.3 is 0 Å². The molecular formula is C13H25N3OS. The number of likely N-dealkylation sites (N-methyl/N-ethyl adjacent to an activating group) is 1. The Bertz CT molecular complexity index is 317. The van der Waals surface area contributed by atoms with Crippen molar-refractivity contribution < 1.29 is 4.79 Å². The third-order valence-corrected chi connectivity index (χ3v) is 3.73. The Morgan fingerprint density at radius 3 is 2.56 bits per heavy atom. The monoisotopic (exact) mass is 271 g/mol. The number of rotatable bonds is 5. The Labute approximate surface area is 115 Å². The van der Waals surface area contributed by atoms with Crippen molar-refractivity contribution in [2.45, 2.75) is 32.7 Å². The van der Waals surface area contributed by atoms with Gasteiger partial charge in [0.15, 0.2) is 0 Å². The van der Waals surface area contributed by atoms with E-state index in [2.05, 4.69) is 4.90 Å². The third-order valence-electron chi connectivity index (χ3n) is 3.48. The summed E-state index contributed by atoms with van der Waals surface area (Å²) < 4.78 is 0. The van der Waals surface area contributed by atoms with Crippen LogP contribution in [0.2, 0.25) is 0 Å². The molecule has 0 radical (unpaired) electrons. The van der Waals surface area contributed by atoms with E-state index < -0.39 is 0 Å². The molecule has 1 rings (SSSR count). The number of thiocarbonyl (C=S) groups is 1. The van der Waals surface area contributed by atoms with Crippen molar-refractivity contribution in [1.82, 2.24) is 9.80 Å². The quantitative estimate of drug-likeness (QED) is 0.761. The molecule has 1 amide bonds. The molecule has 1 saturated heterocycles. The van der Waals surface area contributed by atoms with Crippen LogP contribution in [0.5, 0.6) is 0 Å². The maximum Gasteiger partial charge on any atom is 0.233 e. The fourth-order valence-corrected chi connectivity index (χ4v) is 3.02. The molecular weight excluding hydrogens is 246 g/mol. The lowest BCUT2D eigenvalue weighted by molar-refractivity contribution is -0.135. The number of nitrogens with two attached hydrogens (primary N) is 1. The van der Waals surface area contributed by atoms with E-state index in [0.717, 1.165) is 25.9 Å². The van der Waals surface area contributed by atoms with Gasteiger partial charge in [-0.3, -0.25) is 4.79 Å². The maximum absolute atomic E-state index is 12.6. The summed E-state index contributed by atoms with van der Waals surface area (Å²) in [5, 5.41) is 0. The number of carbonyl (C=O) groups is 1. The van der Waals surface area contributed by atoms with Crippen LogP contribution in [0.3, 0.4) is 0 Å². The van der Waals surface area contributed by atoms with Crippen molar-refractivity contribution >= 4 is 23.1 Å². The van der Waals surface area contributed by atoms with Gasteiger partial charge in [-0.05, 0) is 32.9 Å². The SMILES string of the molecule is CC(C)C(C(=O)N1CCCC1CN(C)C)C(N)=S. The van der Waals surface area contributed by atoms with E-state index in [4.69, 9.17) is 18.0 Å². The number of hydrogen-bond donors (Lipinski definition) is 1. The highest BCUT2D eigenvalue weighted by molar-refractivity contribution is 7.80.